The zero-order valence-electron chi connectivity index (χ0n) is 15.9. The third kappa shape index (κ3) is 4.21. The third-order valence-electron chi connectivity index (χ3n) is 4.37. The summed E-state index contributed by atoms with van der Waals surface area (Å²) in [7, 11) is 0. The molecule has 0 saturated carbocycles. The number of nitrogens with zero attached hydrogens (tertiary/aromatic N) is 1. The Morgan fingerprint density at radius 1 is 1.33 bits per heavy atom. The number of carbonyl (C=O) groups is 3. The number of furan rings is 1. The Hall–Kier alpha value is -3.03. The lowest BCUT2D eigenvalue weighted by Crippen LogP contribution is -2.55. The van der Waals surface area contributed by atoms with Crippen LogP contribution in [0.15, 0.2) is 28.7 Å². The highest BCUT2D eigenvalue weighted by Gasteiger charge is 2.36. The number of carbonyl (C=O) groups excluding carboxylic acids is 2. The Balaban J connectivity index is 2.28. The van der Waals surface area contributed by atoms with Crippen molar-refractivity contribution >= 4 is 34.9 Å². The summed E-state index contributed by atoms with van der Waals surface area (Å²) >= 11 is 0. The van der Waals surface area contributed by atoms with Gasteiger partial charge < -0.3 is 25.4 Å². The van der Waals surface area contributed by atoms with Crippen molar-refractivity contribution in [3.63, 3.8) is 0 Å². The fourth-order valence-electron chi connectivity index (χ4n) is 3.09. The maximum atomic E-state index is 11.7. The van der Waals surface area contributed by atoms with Gasteiger partial charge in [0.1, 0.15) is 11.9 Å². The minimum Gasteiger partial charge on any atom is -0.465 e. The van der Waals surface area contributed by atoms with Crippen LogP contribution in [0.3, 0.4) is 0 Å². The van der Waals surface area contributed by atoms with Crippen molar-refractivity contribution in [2.24, 2.45) is 11.7 Å². The van der Waals surface area contributed by atoms with Crippen molar-refractivity contribution < 1.29 is 23.9 Å². The standard InChI is InChI=1S/C19H25N3O5/c1-11(13(10-23)22(18(25)26)19(2,3)4)9-21-15-12-7-5-6-8-14(12)27-16(15)17(20)24/h5-8,10-11,13,21H,9H2,1-4H3,(H2,20,24)(H,25,26). The second-order valence-electron chi connectivity index (χ2n) is 7.47. The Kier molecular flexibility index (Phi) is 5.78. The molecule has 0 spiro atoms. The molecule has 2 aromatic rings. The summed E-state index contributed by atoms with van der Waals surface area (Å²) in [5.41, 5.74) is 5.60. The zero-order chi connectivity index (χ0) is 20.4. The monoisotopic (exact) mass is 375 g/mol. The topological polar surface area (TPSA) is 126 Å². The second kappa shape index (κ2) is 7.69. The van der Waals surface area contributed by atoms with Gasteiger partial charge in [-0.25, -0.2) is 4.79 Å². The molecule has 146 valence electrons. The van der Waals surface area contributed by atoms with Crippen molar-refractivity contribution in [3.05, 3.63) is 30.0 Å². The first-order chi connectivity index (χ1) is 12.6. The zero-order valence-corrected chi connectivity index (χ0v) is 15.9. The summed E-state index contributed by atoms with van der Waals surface area (Å²) < 4.78 is 5.51. The molecule has 8 heteroatoms. The molecule has 0 radical (unpaired) electrons. The van der Waals surface area contributed by atoms with Crippen LogP contribution in [-0.2, 0) is 4.79 Å². The maximum Gasteiger partial charge on any atom is 0.408 e. The van der Waals surface area contributed by atoms with Crippen LogP contribution in [0.1, 0.15) is 38.2 Å². The maximum absolute atomic E-state index is 11.7. The van der Waals surface area contributed by atoms with Crippen LogP contribution in [0.4, 0.5) is 10.5 Å². The molecule has 2 atom stereocenters. The number of para-hydroxylation sites is 1. The van der Waals surface area contributed by atoms with E-state index in [9.17, 15) is 19.5 Å². The molecule has 2 rings (SSSR count). The Morgan fingerprint density at radius 2 is 1.96 bits per heavy atom. The largest absolute Gasteiger partial charge is 0.465 e. The minimum absolute atomic E-state index is 0.00281. The molecule has 27 heavy (non-hydrogen) atoms. The number of aldehydes is 1. The lowest BCUT2D eigenvalue weighted by molar-refractivity contribution is -0.115. The summed E-state index contributed by atoms with van der Waals surface area (Å²) in [6.45, 7) is 7.19. The van der Waals surface area contributed by atoms with E-state index in [-0.39, 0.29) is 18.2 Å². The lowest BCUT2D eigenvalue weighted by atomic mass is 9.95. The quantitative estimate of drug-likeness (QED) is 0.639. The van der Waals surface area contributed by atoms with Gasteiger partial charge >= 0.3 is 6.09 Å². The molecular formula is C19H25N3O5. The number of hydrogen-bond acceptors (Lipinski definition) is 5. The predicted octanol–water partition coefficient (Wildman–Crippen LogP) is 2.93. The van der Waals surface area contributed by atoms with Gasteiger partial charge in [0, 0.05) is 23.4 Å². The van der Waals surface area contributed by atoms with Gasteiger partial charge in [0.2, 0.25) is 5.76 Å². The van der Waals surface area contributed by atoms with Crippen molar-refractivity contribution in [3.8, 4) is 0 Å². The molecule has 4 N–H and O–H groups in total. The van der Waals surface area contributed by atoms with Crippen molar-refractivity contribution in [1.82, 2.24) is 4.90 Å². The molecule has 1 heterocycles. The summed E-state index contributed by atoms with van der Waals surface area (Å²) in [5.74, 6) is -1.08. The average Bonchev–Trinajstić information content (AvgIpc) is 2.94. The van der Waals surface area contributed by atoms with Crippen LogP contribution in [0.2, 0.25) is 0 Å². The normalized spacial score (nSPS) is 13.8. The fraction of sp³-hybridized carbons (Fsp3) is 0.421. The lowest BCUT2D eigenvalue weighted by Gasteiger charge is -2.39. The molecule has 8 nitrogen and oxygen atoms in total. The van der Waals surface area contributed by atoms with Gasteiger partial charge in [0.05, 0.1) is 11.7 Å². The Labute approximate surface area is 157 Å². The second-order valence-corrected chi connectivity index (χ2v) is 7.47. The first-order valence-electron chi connectivity index (χ1n) is 8.60. The highest BCUT2D eigenvalue weighted by atomic mass is 16.4. The summed E-state index contributed by atoms with van der Waals surface area (Å²) in [6, 6.07) is 6.23. The van der Waals surface area contributed by atoms with Crippen molar-refractivity contribution in [2.75, 3.05) is 11.9 Å². The molecular weight excluding hydrogens is 350 g/mol. The molecule has 0 aliphatic rings. The molecule has 2 amide bonds. The van der Waals surface area contributed by atoms with Gasteiger partial charge in [-0.3, -0.25) is 9.69 Å². The van der Waals surface area contributed by atoms with E-state index in [1.54, 1.807) is 52.0 Å². The van der Waals surface area contributed by atoms with E-state index in [1.807, 2.05) is 0 Å². The number of fused-ring (bicyclic) bond motifs is 1. The molecule has 0 aliphatic carbocycles. The number of carboxylic acid groups (broad SMARTS) is 1. The summed E-state index contributed by atoms with van der Waals surface area (Å²) in [4.78, 5) is 36.2. The van der Waals surface area contributed by atoms with Crippen LogP contribution >= 0.6 is 0 Å². The molecule has 2 unspecified atom stereocenters. The highest BCUT2D eigenvalue weighted by Crippen LogP contribution is 2.31. The molecule has 0 fully saturated rings. The molecule has 1 aromatic heterocycles. The number of benzene rings is 1. The van der Waals surface area contributed by atoms with Crippen LogP contribution < -0.4 is 11.1 Å². The number of primary amides is 1. The fourth-order valence-corrected chi connectivity index (χ4v) is 3.09. The molecule has 0 bridgehead atoms. The van der Waals surface area contributed by atoms with Gasteiger partial charge in [-0.15, -0.1) is 0 Å². The van der Waals surface area contributed by atoms with Crippen LogP contribution in [-0.4, -0.2) is 46.4 Å². The number of rotatable bonds is 7. The molecule has 1 aromatic carbocycles. The van der Waals surface area contributed by atoms with E-state index in [2.05, 4.69) is 5.32 Å². The SMILES string of the molecule is CC(CNc1c(C(N)=O)oc2ccccc12)C(C=O)N(C(=O)O)C(C)(C)C. The van der Waals surface area contributed by atoms with Crippen molar-refractivity contribution in [2.45, 2.75) is 39.3 Å². The number of amides is 2. The molecule has 0 saturated heterocycles. The van der Waals surface area contributed by atoms with Gasteiger partial charge in [-0.2, -0.15) is 0 Å². The number of nitrogens with two attached hydrogens (primary N) is 1. The number of nitrogens with one attached hydrogen (secondary N) is 1. The molecule has 0 aliphatic heterocycles. The van der Waals surface area contributed by atoms with E-state index in [0.29, 0.717) is 22.9 Å². The van der Waals surface area contributed by atoms with Crippen molar-refractivity contribution in [1.29, 1.82) is 0 Å². The average molecular weight is 375 g/mol. The van der Waals surface area contributed by atoms with Crippen LogP contribution in [0, 0.1) is 5.92 Å². The van der Waals surface area contributed by atoms with Crippen LogP contribution in [0.5, 0.6) is 0 Å². The Bertz CT molecular complexity index is 853. The van der Waals surface area contributed by atoms with Gasteiger partial charge in [0.15, 0.2) is 0 Å². The predicted molar refractivity (Wildman–Crippen MR) is 102 cm³/mol. The highest BCUT2D eigenvalue weighted by molar-refractivity contribution is 6.05. The first-order valence-corrected chi connectivity index (χ1v) is 8.60. The van der Waals surface area contributed by atoms with E-state index in [0.717, 1.165) is 4.90 Å². The first kappa shape index (κ1) is 20.3. The smallest absolute Gasteiger partial charge is 0.408 e. The van der Waals surface area contributed by atoms with E-state index in [1.165, 1.54) is 0 Å². The minimum atomic E-state index is -1.17. The number of anilines is 1. The van der Waals surface area contributed by atoms with Crippen LogP contribution in [0.25, 0.3) is 11.0 Å². The van der Waals surface area contributed by atoms with E-state index < -0.39 is 23.6 Å². The third-order valence-corrected chi connectivity index (χ3v) is 4.37. The summed E-state index contributed by atoms with van der Waals surface area (Å²) in [5, 5.41) is 13.3. The Morgan fingerprint density at radius 3 is 2.48 bits per heavy atom. The number of hydrogen-bond donors (Lipinski definition) is 3. The van der Waals surface area contributed by atoms with Gasteiger partial charge in [-0.05, 0) is 32.9 Å². The van der Waals surface area contributed by atoms with Gasteiger partial charge in [0.25, 0.3) is 5.91 Å². The van der Waals surface area contributed by atoms with Gasteiger partial charge in [-0.1, -0.05) is 19.1 Å². The van der Waals surface area contributed by atoms with E-state index >= 15 is 0 Å². The van der Waals surface area contributed by atoms with E-state index in [4.69, 9.17) is 10.2 Å². The summed E-state index contributed by atoms with van der Waals surface area (Å²) in [6.07, 6.45) is -0.535.